The number of rotatable bonds is 4. The van der Waals surface area contributed by atoms with Crippen LogP contribution in [-0.4, -0.2) is 11.9 Å². The Morgan fingerprint density at radius 1 is 1.05 bits per heavy atom. The quantitative estimate of drug-likeness (QED) is 0.856. The second-order valence-corrected chi connectivity index (χ2v) is 5.75. The van der Waals surface area contributed by atoms with Gasteiger partial charge < -0.3 is 9.73 Å². The molecule has 1 fully saturated rings. The minimum absolute atomic E-state index is 0.0190. The number of hydrogen-bond donors (Lipinski definition) is 1. The normalized spacial score (nSPS) is 16.5. The lowest BCUT2D eigenvalue weighted by atomic mass is 9.94. The van der Waals surface area contributed by atoms with E-state index in [-0.39, 0.29) is 5.91 Å². The van der Waals surface area contributed by atoms with Crippen LogP contribution >= 0.6 is 0 Å². The van der Waals surface area contributed by atoms with Crippen LogP contribution in [0.4, 0.5) is 0 Å². The summed E-state index contributed by atoms with van der Waals surface area (Å²) in [7, 11) is 0. The Kier molecular flexibility index (Phi) is 4.74. The maximum atomic E-state index is 12.7. The molecule has 1 amide bonds. The fourth-order valence-corrected chi connectivity index (χ4v) is 2.92. The van der Waals surface area contributed by atoms with E-state index in [2.05, 4.69) is 5.32 Å². The lowest BCUT2D eigenvalue weighted by Crippen LogP contribution is -2.36. The van der Waals surface area contributed by atoms with Crippen LogP contribution in [0.5, 0.6) is 0 Å². The van der Waals surface area contributed by atoms with Gasteiger partial charge in [-0.25, -0.2) is 0 Å². The van der Waals surface area contributed by atoms with Gasteiger partial charge in [0.25, 0.3) is 5.91 Å². The smallest absolute Gasteiger partial charge is 0.252 e. The summed E-state index contributed by atoms with van der Waals surface area (Å²) in [6.07, 6.45) is 9.27. The SMILES string of the molecule is O=C(NC1CCCCC1)/C(=C/c1ccco1)c1ccccc1. The first-order chi connectivity index (χ1) is 10.8. The van der Waals surface area contributed by atoms with E-state index in [1.54, 1.807) is 6.26 Å². The number of nitrogens with one attached hydrogen (secondary N) is 1. The highest BCUT2D eigenvalue weighted by Crippen LogP contribution is 2.22. The van der Waals surface area contributed by atoms with Crippen molar-refractivity contribution in [3.05, 3.63) is 60.1 Å². The Labute approximate surface area is 131 Å². The van der Waals surface area contributed by atoms with Gasteiger partial charge in [0, 0.05) is 6.04 Å². The van der Waals surface area contributed by atoms with E-state index in [0.717, 1.165) is 18.4 Å². The summed E-state index contributed by atoms with van der Waals surface area (Å²) in [4.78, 5) is 12.7. The van der Waals surface area contributed by atoms with Gasteiger partial charge in [-0.05, 0) is 36.6 Å². The predicted octanol–water partition coefficient (Wildman–Crippen LogP) is 4.27. The standard InChI is InChI=1S/C19H21NO2/c21-19(20-16-10-5-2-6-11-16)18(14-17-12-7-13-22-17)15-8-3-1-4-9-15/h1,3-4,7-9,12-14,16H,2,5-6,10-11H2,(H,20,21)/b18-14+. The van der Waals surface area contributed by atoms with Gasteiger partial charge in [-0.1, -0.05) is 49.6 Å². The zero-order valence-corrected chi connectivity index (χ0v) is 12.6. The number of carbonyl (C=O) groups excluding carboxylic acids is 1. The molecule has 0 unspecified atom stereocenters. The molecule has 1 aliphatic carbocycles. The summed E-state index contributed by atoms with van der Waals surface area (Å²) in [5.41, 5.74) is 1.56. The molecule has 0 aliphatic heterocycles. The molecule has 22 heavy (non-hydrogen) atoms. The summed E-state index contributed by atoms with van der Waals surface area (Å²) in [6.45, 7) is 0. The van der Waals surface area contributed by atoms with E-state index in [4.69, 9.17) is 4.42 Å². The van der Waals surface area contributed by atoms with Crippen molar-refractivity contribution in [2.24, 2.45) is 0 Å². The first-order valence-corrected chi connectivity index (χ1v) is 7.94. The molecule has 0 saturated heterocycles. The van der Waals surface area contributed by atoms with Crippen molar-refractivity contribution in [3.63, 3.8) is 0 Å². The van der Waals surface area contributed by atoms with Crippen molar-refractivity contribution in [1.29, 1.82) is 0 Å². The van der Waals surface area contributed by atoms with Crippen molar-refractivity contribution in [1.82, 2.24) is 5.32 Å². The van der Waals surface area contributed by atoms with Crippen molar-refractivity contribution < 1.29 is 9.21 Å². The molecular weight excluding hydrogens is 274 g/mol. The molecule has 1 aliphatic rings. The number of benzene rings is 1. The lowest BCUT2D eigenvalue weighted by Gasteiger charge is -2.23. The van der Waals surface area contributed by atoms with Crippen molar-refractivity contribution in [2.45, 2.75) is 38.1 Å². The number of carbonyl (C=O) groups is 1. The first kappa shape index (κ1) is 14.6. The highest BCUT2D eigenvalue weighted by Gasteiger charge is 2.19. The maximum Gasteiger partial charge on any atom is 0.252 e. The van der Waals surface area contributed by atoms with E-state index < -0.39 is 0 Å². The summed E-state index contributed by atoms with van der Waals surface area (Å²) in [5, 5.41) is 3.18. The molecule has 0 radical (unpaired) electrons. The van der Waals surface area contributed by atoms with Gasteiger partial charge in [-0.15, -0.1) is 0 Å². The molecule has 0 spiro atoms. The van der Waals surface area contributed by atoms with Gasteiger partial charge in [-0.3, -0.25) is 4.79 Å². The third-order valence-electron chi connectivity index (χ3n) is 4.10. The average Bonchev–Trinajstić information content (AvgIpc) is 3.07. The number of hydrogen-bond acceptors (Lipinski definition) is 2. The average molecular weight is 295 g/mol. The number of furan rings is 1. The molecule has 1 aromatic carbocycles. The lowest BCUT2D eigenvalue weighted by molar-refractivity contribution is -0.116. The monoisotopic (exact) mass is 295 g/mol. The molecular formula is C19H21NO2. The molecule has 3 rings (SSSR count). The third-order valence-corrected chi connectivity index (χ3v) is 4.10. The largest absolute Gasteiger partial charge is 0.465 e. The maximum absolute atomic E-state index is 12.7. The summed E-state index contributed by atoms with van der Waals surface area (Å²) < 4.78 is 5.37. The molecule has 1 N–H and O–H groups in total. The fourth-order valence-electron chi connectivity index (χ4n) is 2.92. The third kappa shape index (κ3) is 3.67. The van der Waals surface area contributed by atoms with Crippen LogP contribution in [-0.2, 0) is 4.79 Å². The van der Waals surface area contributed by atoms with E-state index in [1.807, 2.05) is 48.5 Å². The highest BCUT2D eigenvalue weighted by atomic mass is 16.3. The Bertz CT molecular complexity index is 623. The van der Waals surface area contributed by atoms with Gasteiger partial charge in [-0.2, -0.15) is 0 Å². The molecule has 1 saturated carbocycles. The molecule has 3 heteroatoms. The van der Waals surface area contributed by atoms with E-state index in [1.165, 1.54) is 19.3 Å². The van der Waals surface area contributed by atoms with Gasteiger partial charge in [0.2, 0.25) is 0 Å². The molecule has 0 atom stereocenters. The summed E-state index contributed by atoms with van der Waals surface area (Å²) >= 11 is 0. The number of amides is 1. The Hall–Kier alpha value is -2.29. The molecule has 0 bridgehead atoms. The zero-order valence-electron chi connectivity index (χ0n) is 12.6. The van der Waals surface area contributed by atoms with Crippen LogP contribution in [0.1, 0.15) is 43.4 Å². The predicted molar refractivity (Wildman–Crippen MR) is 88.0 cm³/mol. The molecule has 1 aromatic heterocycles. The molecule has 114 valence electrons. The Morgan fingerprint density at radius 3 is 2.50 bits per heavy atom. The van der Waals surface area contributed by atoms with E-state index in [0.29, 0.717) is 17.4 Å². The zero-order chi connectivity index (χ0) is 15.2. The highest BCUT2D eigenvalue weighted by molar-refractivity contribution is 6.24. The van der Waals surface area contributed by atoms with Gasteiger partial charge in [0.05, 0.1) is 11.8 Å². The minimum atomic E-state index is -0.0190. The molecule has 2 aromatic rings. The van der Waals surface area contributed by atoms with Crippen molar-refractivity contribution in [2.75, 3.05) is 0 Å². The van der Waals surface area contributed by atoms with Crippen molar-refractivity contribution in [3.8, 4) is 0 Å². The Morgan fingerprint density at radius 2 is 1.82 bits per heavy atom. The van der Waals surface area contributed by atoms with Crippen LogP contribution in [0.25, 0.3) is 11.6 Å². The van der Waals surface area contributed by atoms with Crippen LogP contribution in [0.2, 0.25) is 0 Å². The minimum Gasteiger partial charge on any atom is -0.465 e. The second kappa shape index (κ2) is 7.12. The summed E-state index contributed by atoms with van der Waals surface area (Å²) in [6, 6.07) is 13.7. The molecule has 1 heterocycles. The van der Waals surface area contributed by atoms with Crippen LogP contribution in [0.15, 0.2) is 53.1 Å². The molecule has 3 nitrogen and oxygen atoms in total. The van der Waals surface area contributed by atoms with Crippen LogP contribution < -0.4 is 5.32 Å². The van der Waals surface area contributed by atoms with E-state index >= 15 is 0 Å². The van der Waals surface area contributed by atoms with Crippen LogP contribution in [0, 0.1) is 0 Å². The first-order valence-electron chi connectivity index (χ1n) is 7.94. The second-order valence-electron chi connectivity index (χ2n) is 5.75. The van der Waals surface area contributed by atoms with Gasteiger partial charge in [0.15, 0.2) is 0 Å². The van der Waals surface area contributed by atoms with Gasteiger partial charge in [0.1, 0.15) is 5.76 Å². The Balaban J connectivity index is 1.83. The van der Waals surface area contributed by atoms with E-state index in [9.17, 15) is 4.79 Å². The fraction of sp³-hybridized carbons (Fsp3) is 0.316. The van der Waals surface area contributed by atoms with Crippen molar-refractivity contribution >= 4 is 17.6 Å². The topological polar surface area (TPSA) is 42.2 Å². The summed E-state index contributed by atoms with van der Waals surface area (Å²) in [5.74, 6) is 0.673. The van der Waals surface area contributed by atoms with Gasteiger partial charge >= 0.3 is 0 Å². The van der Waals surface area contributed by atoms with Crippen LogP contribution in [0.3, 0.4) is 0 Å².